The van der Waals surface area contributed by atoms with E-state index in [1.54, 1.807) is 12.1 Å². The minimum absolute atomic E-state index is 0.0709. The van der Waals surface area contributed by atoms with Gasteiger partial charge in [-0.25, -0.2) is 9.98 Å². The first kappa shape index (κ1) is 23.6. The largest absolute Gasteiger partial charge is 0.411 e. The van der Waals surface area contributed by atoms with Crippen LogP contribution in [0.1, 0.15) is 30.3 Å². The first-order valence-electron chi connectivity index (χ1n) is 10.6. The van der Waals surface area contributed by atoms with Crippen molar-refractivity contribution in [1.29, 1.82) is 0 Å². The molecule has 1 aromatic heterocycles. The highest BCUT2D eigenvalue weighted by molar-refractivity contribution is 5.79. The second-order valence-electron chi connectivity index (χ2n) is 7.35. The van der Waals surface area contributed by atoms with Crippen LogP contribution in [0.4, 0.5) is 13.2 Å². The van der Waals surface area contributed by atoms with E-state index in [1.807, 2.05) is 43.3 Å². The molecule has 0 saturated carbocycles. The number of guanidine groups is 1. The second kappa shape index (κ2) is 11.5. The Kier molecular flexibility index (Phi) is 8.49. The molecule has 6 nitrogen and oxygen atoms in total. The fourth-order valence-electron chi connectivity index (χ4n) is 3.12. The number of ether oxygens (including phenoxy) is 1. The number of benzene rings is 2. The van der Waals surface area contributed by atoms with E-state index in [2.05, 4.69) is 30.3 Å². The Morgan fingerprint density at radius 3 is 2.53 bits per heavy atom. The van der Waals surface area contributed by atoms with Crippen molar-refractivity contribution in [2.75, 3.05) is 19.7 Å². The van der Waals surface area contributed by atoms with Crippen LogP contribution in [0, 0.1) is 0 Å². The molecule has 0 aliphatic heterocycles. The maximum Gasteiger partial charge on any atom is 0.411 e. The second-order valence-corrected chi connectivity index (χ2v) is 7.35. The number of halogens is 3. The van der Waals surface area contributed by atoms with E-state index in [9.17, 15) is 13.2 Å². The highest BCUT2D eigenvalue weighted by Gasteiger charge is 2.27. The molecule has 0 saturated heterocycles. The molecule has 3 rings (SSSR count). The van der Waals surface area contributed by atoms with Gasteiger partial charge in [0.05, 0.1) is 24.2 Å². The summed E-state index contributed by atoms with van der Waals surface area (Å²) in [5, 5.41) is 6.53. The molecule has 0 aliphatic carbocycles. The molecular formula is C23H28F3N5O. The van der Waals surface area contributed by atoms with Crippen LogP contribution in [0.5, 0.6) is 0 Å². The molecular weight excluding hydrogens is 419 g/mol. The average molecular weight is 448 g/mol. The van der Waals surface area contributed by atoms with Crippen molar-refractivity contribution in [2.45, 2.75) is 39.1 Å². The molecule has 0 amide bonds. The lowest BCUT2D eigenvalue weighted by molar-refractivity contribution is -0.176. The molecule has 32 heavy (non-hydrogen) atoms. The van der Waals surface area contributed by atoms with Gasteiger partial charge in [-0.05, 0) is 36.6 Å². The summed E-state index contributed by atoms with van der Waals surface area (Å²) in [5.74, 6) is 1.68. The molecule has 0 bridgehead atoms. The molecule has 1 heterocycles. The van der Waals surface area contributed by atoms with E-state index in [0.29, 0.717) is 12.1 Å². The predicted molar refractivity (Wildman–Crippen MR) is 119 cm³/mol. The Balaban J connectivity index is 1.43. The van der Waals surface area contributed by atoms with Crippen molar-refractivity contribution in [1.82, 2.24) is 20.6 Å². The number of aryl methyl sites for hydroxylation is 1. The van der Waals surface area contributed by atoms with Crippen molar-refractivity contribution in [3.05, 3.63) is 65.5 Å². The summed E-state index contributed by atoms with van der Waals surface area (Å²) < 4.78 is 41.1. The number of aromatic nitrogens is 2. The number of aromatic amines is 1. The molecule has 0 unspecified atom stereocenters. The summed E-state index contributed by atoms with van der Waals surface area (Å²) in [6.45, 7) is 2.64. The molecule has 0 fully saturated rings. The van der Waals surface area contributed by atoms with Gasteiger partial charge in [0.2, 0.25) is 0 Å². The number of para-hydroxylation sites is 2. The quantitative estimate of drug-likeness (QED) is 0.246. The summed E-state index contributed by atoms with van der Waals surface area (Å²) in [5.41, 5.74) is 3.67. The first-order chi connectivity index (χ1) is 15.4. The molecule has 0 aliphatic rings. The predicted octanol–water partition coefficient (Wildman–Crippen LogP) is 4.33. The Bertz CT molecular complexity index is 966. The van der Waals surface area contributed by atoms with Crippen LogP contribution in [-0.4, -0.2) is 41.8 Å². The third-order valence-electron chi connectivity index (χ3n) is 4.64. The van der Waals surface area contributed by atoms with E-state index >= 15 is 0 Å². The van der Waals surface area contributed by atoms with Crippen molar-refractivity contribution >= 4 is 17.0 Å². The lowest BCUT2D eigenvalue weighted by Crippen LogP contribution is -2.37. The maximum atomic E-state index is 12.1. The summed E-state index contributed by atoms with van der Waals surface area (Å²) >= 11 is 0. The van der Waals surface area contributed by atoms with Crippen LogP contribution in [0.25, 0.3) is 11.0 Å². The van der Waals surface area contributed by atoms with Crippen LogP contribution < -0.4 is 10.6 Å². The van der Waals surface area contributed by atoms with Crippen LogP contribution >= 0.6 is 0 Å². The zero-order valence-corrected chi connectivity index (χ0v) is 18.0. The van der Waals surface area contributed by atoms with Gasteiger partial charge >= 0.3 is 6.18 Å². The van der Waals surface area contributed by atoms with Crippen LogP contribution in [0.15, 0.2) is 53.5 Å². The Labute approximate surface area is 185 Å². The van der Waals surface area contributed by atoms with Crippen molar-refractivity contribution in [2.24, 2.45) is 4.99 Å². The molecule has 2 aromatic carbocycles. The molecule has 9 heteroatoms. The topological polar surface area (TPSA) is 74.3 Å². The SMILES string of the molecule is CCNC(=NCc1ccc(COCC(F)(F)F)cc1)NCCCc1nc2ccccc2[nH]1. The highest BCUT2D eigenvalue weighted by atomic mass is 19.4. The van der Waals surface area contributed by atoms with Crippen molar-refractivity contribution in [3.8, 4) is 0 Å². The normalized spacial score (nSPS) is 12.3. The number of nitrogens with one attached hydrogen (secondary N) is 3. The number of aliphatic imine (C=N–C) groups is 1. The molecule has 0 atom stereocenters. The lowest BCUT2D eigenvalue weighted by atomic mass is 10.1. The van der Waals surface area contributed by atoms with Crippen LogP contribution in [0.2, 0.25) is 0 Å². The van der Waals surface area contributed by atoms with E-state index in [4.69, 9.17) is 0 Å². The van der Waals surface area contributed by atoms with Gasteiger partial charge in [-0.2, -0.15) is 13.2 Å². The van der Waals surface area contributed by atoms with Gasteiger partial charge in [-0.3, -0.25) is 0 Å². The van der Waals surface area contributed by atoms with E-state index < -0.39 is 12.8 Å². The van der Waals surface area contributed by atoms with E-state index in [0.717, 1.165) is 54.3 Å². The third-order valence-corrected chi connectivity index (χ3v) is 4.64. The summed E-state index contributed by atoms with van der Waals surface area (Å²) in [4.78, 5) is 12.5. The number of nitrogens with zero attached hydrogens (tertiary/aromatic N) is 2. The summed E-state index contributed by atoms with van der Waals surface area (Å²) in [7, 11) is 0. The van der Waals surface area contributed by atoms with Crippen LogP contribution in [0.3, 0.4) is 0 Å². The van der Waals surface area contributed by atoms with Gasteiger partial charge in [0.1, 0.15) is 12.4 Å². The molecule has 3 aromatic rings. The van der Waals surface area contributed by atoms with Gasteiger partial charge in [-0.1, -0.05) is 36.4 Å². The Hall–Kier alpha value is -3.07. The average Bonchev–Trinajstić information content (AvgIpc) is 3.18. The van der Waals surface area contributed by atoms with Gasteiger partial charge < -0.3 is 20.4 Å². The highest BCUT2D eigenvalue weighted by Crippen LogP contribution is 2.16. The number of alkyl halides is 3. The third kappa shape index (κ3) is 7.88. The fraction of sp³-hybridized carbons (Fsp3) is 0.391. The fourth-order valence-corrected chi connectivity index (χ4v) is 3.12. The summed E-state index contributed by atoms with van der Waals surface area (Å²) in [6.07, 6.45) is -2.58. The van der Waals surface area contributed by atoms with E-state index in [1.165, 1.54) is 0 Å². The monoisotopic (exact) mass is 447 g/mol. The zero-order chi connectivity index (χ0) is 22.8. The first-order valence-corrected chi connectivity index (χ1v) is 10.6. The minimum Gasteiger partial charge on any atom is -0.367 e. The van der Waals surface area contributed by atoms with Gasteiger partial charge in [0, 0.05) is 19.5 Å². The minimum atomic E-state index is -4.31. The van der Waals surface area contributed by atoms with E-state index in [-0.39, 0.29) is 6.61 Å². The van der Waals surface area contributed by atoms with Gasteiger partial charge in [-0.15, -0.1) is 0 Å². The standard InChI is InChI=1S/C23H28F3N5O/c1-2-27-22(28-13-5-8-21-30-19-6-3-4-7-20(19)31-21)29-14-17-9-11-18(12-10-17)15-32-16-23(24,25)26/h3-4,6-7,9-12H,2,5,8,13-16H2,1H3,(H,30,31)(H2,27,28,29). The van der Waals surface area contributed by atoms with Crippen LogP contribution in [-0.2, 0) is 24.3 Å². The number of rotatable bonds is 10. The number of hydrogen-bond acceptors (Lipinski definition) is 3. The smallest absolute Gasteiger partial charge is 0.367 e. The molecule has 0 radical (unpaired) electrons. The zero-order valence-electron chi connectivity index (χ0n) is 18.0. The maximum absolute atomic E-state index is 12.1. The number of imidazole rings is 1. The Morgan fingerprint density at radius 1 is 1.06 bits per heavy atom. The van der Waals surface area contributed by atoms with Crippen molar-refractivity contribution in [3.63, 3.8) is 0 Å². The number of hydrogen-bond donors (Lipinski definition) is 3. The lowest BCUT2D eigenvalue weighted by Gasteiger charge is -2.11. The molecule has 3 N–H and O–H groups in total. The van der Waals surface area contributed by atoms with Crippen molar-refractivity contribution < 1.29 is 17.9 Å². The number of fused-ring (bicyclic) bond motifs is 1. The Morgan fingerprint density at radius 2 is 1.81 bits per heavy atom. The molecule has 172 valence electrons. The summed E-state index contributed by atoms with van der Waals surface area (Å²) in [6, 6.07) is 15.2. The van der Waals surface area contributed by atoms with Gasteiger partial charge in [0.15, 0.2) is 5.96 Å². The number of H-pyrrole nitrogens is 1. The van der Waals surface area contributed by atoms with Gasteiger partial charge in [0.25, 0.3) is 0 Å². The molecule has 0 spiro atoms.